The molecule has 100 valence electrons. The van der Waals surface area contributed by atoms with Crippen molar-refractivity contribution in [3.63, 3.8) is 0 Å². The molecule has 2 heterocycles. The number of aromatic nitrogens is 3. The zero-order valence-electron chi connectivity index (χ0n) is 10.6. The molecule has 5 nitrogen and oxygen atoms in total. The van der Waals surface area contributed by atoms with E-state index in [1.165, 1.54) is 0 Å². The molecule has 1 N–H and O–H groups in total. The molecular weight excluding hydrogens is 306 g/mol. The first kappa shape index (κ1) is 12.6. The van der Waals surface area contributed by atoms with Crippen LogP contribution in [0.1, 0.15) is 5.82 Å². The van der Waals surface area contributed by atoms with E-state index in [0.29, 0.717) is 0 Å². The number of halogens is 1. The number of hydrogen-bond acceptors (Lipinski definition) is 4. The first-order chi connectivity index (χ1) is 9.33. The topological polar surface area (TPSA) is 46.0 Å². The molecule has 1 aromatic heterocycles. The van der Waals surface area contributed by atoms with E-state index in [1.54, 1.807) is 0 Å². The monoisotopic (exact) mass is 321 g/mol. The van der Waals surface area contributed by atoms with Crippen molar-refractivity contribution in [2.75, 3.05) is 25.0 Å². The second kappa shape index (κ2) is 5.71. The highest BCUT2D eigenvalue weighted by atomic mass is 79.9. The second-order valence-corrected chi connectivity index (χ2v) is 5.48. The quantitative estimate of drug-likeness (QED) is 0.935. The van der Waals surface area contributed by atoms with Gasteiger partial charge in [-0.15, -0.1) is 10.2 Å². The minimum Gasteiger partial charge on any atom is -0.383 e. The van der Waals surface area contributed by atoms with Crippen molar-refractivity contribution >= 4 is 21.6 Å². The molecule has 3 rings (SSSR count). The zero-order valence-corrected chi connectivity index (χ0v) is 12.2. The molecule has 0 spiro atoms. The highest BCUT2D eigenvalue weighted by Crippen LogP contribution is 2.20. The van der Waals surface area contributed by atoms with Gasteiger partial charge in [-0.1, -0.05) is 12.1 Å². The van der Waals surface area contributed by atoms with E-state index in [-0.39, 0.29) is 0 Å². The number of rotatable bonds is 4. The summed E-state index contributed by atoms with van der Waals surface area (Å²) in [6.45, 7) is 4.86. The fourth-order valence-electron chi connectivity index (χ4n) is 2.26. The Morgan fingerprint density at radius 1 is 1.26 bits per heavy atom. The molecule has 0 saturated heterocycles. The van der Waals surface area contributed by atoms with Gasteiger partial charge in [0.2, 0.25) is 0 Å². The number of fused-ring (bicyclic) bond motifs is 1. The number of para-hydroxylation sites is 1. The van der Waals surface area contributed by atoms with Crippen LogP contribution in [0.2, 0.25) is 0 Å². The van der Waals surface area contributed by atoms with E-state index < -0.39 is 0 Å². The van der Waals surface area contributed by atoms with Gasteiger partial charge in [-0.3, -0.25) is 4.90 Å². The van der Waals surface area contributed by atoms with Gasteiger partial charge >= 0.3 is 0 Å². The minimum absolute atomic E-state index is 0.887. The molecule has 0 aliphatic carbocycles. The van der Waals surface area contributed by atoms with E-state index >= 15 is 0 Å². The Morgan fingerprint density at radius 2 is 2.16 bits per heavy atom. The van der Waals surface area contributed by atoms with Crippen molar-refractivity contribution in [2.24, 2.45) is 0 Å². The number of nitrogens with zero attached hydrogens (tertiary/aromatic N) is 4. The van der Waals surface area contributed by atoms with Gasteiger partial charge in [0.15, 0.2) is 0 Å². The molecule has 0 atom stereocenters. The predicted molar refractivity (Wildman–Crippen MR) is 77.9 cm³/mol. The fourth-order valence-corrected chi connectivity index (χ4v) is 2.69. The predicted octanol–water partition coefficient (Wildman–Crippen LogP) is 1.97. The average molecular weight is 322 g/mol. The normalized spacial score (nSPS) is 15.2. The van der Waals surface area contributed by atoms with Gasteiger partial charge in [0.25, 0.3) is 0 Å². The lowest BCUT2D eigenvalue weighted by molar-refractivity contribution is 0.225. The molecule has 0 radical (unpaired) electrons. The summed E-state index contributed by atoms with van der Waals surface area (Å²) in [4.78, 5) is 2.40. The summed E-state index contributed by atoms with van der Waals surface area (Å²) in [6.07, 6.45) is 1.81. The summed E-state index contributed by atoms with van der Waals surface area (Å²) in [5, 5.41) is 11.5. The van der Waals surface area contributed by atoms with Crippen LogP contribution in [0, 0.1) is 0 Å². The summed E-state index contributed by atoms with van der Waals surface area (Å²) >= 11 is 3.54. The van der Waals surface area contributed by atoms with Gasteiger partial charge < -0.3 is 9.88 Å². The lowest BCUT2D eigenvalue weighted by Crippen LogP contribution is -2.36. The third-order valence-corrected chi connectivity index (χ3v) is 4.03. The van der Waals surface area contributed by atoms with Crippen LogP contribution < -0.4 is 5.32 Å². The van der Waals surface area contributed by atoms with E-state index in [4.69, 9.17) is 0 Å². The molecule has 0 fully saturated rings. The fraction of sp³-hybridized carbons (Fsp3) is 0.385. The Morgan fingerprint density at radius 3 is 3.05 bits per heavy atom. The Kier molecular flexibility index (Phi) is 3.79. The SMILES string of the molecule is Brc1ccccc1NCCN1CCn2cnnc2C1. The second-order valence-electron chi connectivity index (χ2n) is 4.62. The molecule has 1 aliphatic heterocycles. The van der Waals surface area contributed by atoms with E-state index in [1.807, 2.05) is 24.5 Å². The largest absolute Gasteiger partial charge is 0.383 e. The van der Waals surface area contributed by atoms with Gasteiger partial charge in [-0.25, -0.2) is 0 Å². The van der Waals surface area contributed by atoms with Crippen LogP contribution in [-0.2, 0) is 13.1 Å². The van der Waals surface area contributed by atoms with Crippen molar-refractivity contribution < 1.29 is 0 Å². The van der Waals surface area contributed by atoms with Crippen LogP contribution in [0.4, 0.5) is 5.69 Å². The molecule has 0 amide bonds. The molecule has 2 aromatic rings. The molecular formula is C13H16BrN5. The van der Waals surface area contributed by atoms with Crippen LogP contribution in [0.5, 0.6) is 0 Å². The third-order valence-electron chi connectivity index (χ3n) is 3.34. The van der Waals surface area contributed by atoms with Crippen LogP contribution in [-0.4, -0.2) is 39.3 Å². The number of nitrogens with one attached hydrogen (secondary N) is 1. The maximum absolute atomic E-state index is 4.13. The van der Waals surface area contributed by atoms with Crippen molar-refractivity contribution in [2.45, 2.75) is 13.1 Å². The minimum atomic E-state index is 0.887. The van der Waals surface area contributed by atoms with Gasteiger partial charge in [0, 0.05) is 36.3 Å². The summed E-state index contributed by atoms with van der Waals surface area (Å²) in [6, 6.07) is 8.19. The molecule has 0 saturated carbocycles. The van der Waals surface area contributed by atoms with Crippen LogP contribution >= 0.6 is 15.9 Å². The molecule has 0 bridgehead atoms. The Labute approximate surface area is 120 Å². The van der Waals surface area contributed by atoms with Crippen molar-refractivity contribution in [3.05, 3.63) is 40.9 Å². The first-order valence-electron chi connectivity index (χ1n) is 6.40. The van der Waals surface area contributed by atoms with Crippen LogP contribution in [0.25, 0.3) is 0 Å². The van der Waals surface area contributed by atoms with Crippen molar-refractivity contribution in [1.29, 1.82) is 0 Å². The summed E-state index contributed by atoms with van der Waals surface area (Å²) in [5.74, 6) is 1.06. The van der Waals surface area contributed by atoms with E-state index in [9.17, 15) is 0 Å². The van der Waals surface area contributed by atoms with Gasteiger partial charge in [-0.05, 0) is 28.1 Å². The summed E-state index contributed by atoms with van der Waals surface area (Å²) < 4.78 is 3.23. The highest BCUT2D eigenvalue weighted by Gasteiger charge is 2.16. The zero-order chi connectivity index (χ0) is 13.1. The molecule has 6 heteroatoms. The van der Waals surface area contributed by atoms with Crippen molar-refractivity contribution in [1.82, 2.24) is 19.7 Å². The molecule has 1 aromatic carbocycles. The number of benzene rings is 1. The van der Waals surface area contributed by atoms with Crippen LogP contribution in [0.3, 0.4) is 0 Å². The average Bonchev–Trinajstić information content (AvgIpc) is 2.88. The van der Waals surface area contributed by atoms with E-state index in [0.717, 1.165) is 48.7 Å². The van der Waals surface area contributed by atoms with E-state index in [2.05, 4.69) is 47.0 Å². The standard InChI is InChI=1S/C13H16BrN5/c14-11-3-1-2-4-12(11)15-5-6-18-7-8-19-10-16-17-13(19)9-18/h1-4,10,15H,5-9H2. The van der Waals surface area contributed by atoms with Crippen LogP contribution in [0.15, 0.2) is 35.1 Å². The Balaban J connectivity index is 1.50. The summed E-state index contributed by atoms with van der Waals surface area (Å²) in [7, 11) is 0. The van der Waals surface area contributed by atoms with Gasteiger partial charge in [0.05, 0.1) is 6.54 Å². The molecule has 1 aliphatic rings. The first-order valence-corrected chi connectivity index (χ1v) is 7.19. The third kappa shape index (κ3) is 2.96. The maximum atomic E-state index is 4.13. The Bertz CT molecular complexity index is 553. The Hall–Kier alpha value is -1.40. The highest BCUT2D eigenvalue weighted by molar-refractivity contribution is 9.10. The molecule has 19 heavy (non-hydrogen) atoms. The van der Waals surface area contributed by atoms with Crippen molar-refractivity contribution in [3.8, 4) is 0 Å². The molecule has 0 unspecified atom stereocenters. The maximum Gasteiger partial charge on any atom is 0.147 e. The summed E-state index contributed by atoms with van der Waals surface area (Å²) in [5.41, 5.74) is 1.14. The van der Waals surface area contributed by atoms with Gasteiger partial charge in [0.1, 0.15) is 12.2 Å². The smallest absolute Gasteiger partial charge is 0.147 e. The number of hydrogen-bond donors (Lipinski definition) is 1. The van der Waals surface area contributed by atoms with Gasteiger partial charge in [-0.2, -0.15) is 0 Å². The lowest BCUT2D eigenvalue weighted by atomic mass is 10.3. The lowest BCUT2D eigenvalue weighted by Gasteiger charge is -2.27. The number of anilines is 1.